The first-order chi connectivity index (χ1) is 11.0. The summed E-state index contributed by atoms with van der Waals surface area (Å²) >= 11 is 0. The zero-order valence-electron chi connectivity index (χ0n) is 14.6. The zero-order valence-corrected chi connectivity index (χ0v) is 14.6. The summed E-state index contributed by atoms with van der Waals surface area (Å²) in [6, 6.07) is 0. The summed E-state index contributed by atoms with van der Waals surface area (Å²) in [6.45, 7) is 10.5. The lowest BCUT2D eigenvalue weighted by atomic mass is 9.85. The molecule has 2 nitrogen and oxygen atoms in total. The Morgan fingerprint density at radius 2 is 2.04 bits per heavy atom. The number of rotatable bonds is 5. The summed E-state index contributed by atoms with van der Waals surface area (Å²) in [5, 5.41) is 7.61. The fraction of sp³-hybridized carbons (Fsp3) is 0.737. The van der Waals surface area contributed by atoms with Crippen molar-refractivity contribution in [2.75, 3.05) is 6.61 Å². The van der Waals surface area contributed by atoms with Gasteiger partial charge in [-0.05, 0) is 49.5 Å². The summed E-state index contributed by atoms with van der Waals surface area (Å²) in [5.74, 6) is -0.739. The average Bonchev–Trinajstić information content (AvgIpc) is 3.21. The minimum atomic E-state index is -4.50. The molecule has 2 bridgehead atoms. The summed E-state index contributed by atoms with van der Waals surface area (Å²) in [5.41, 5.74) is 0.762. The Hall–Kier alpha value is -1.10. The highest BCUT2D eigenvalue weighted by Gasteiger charge is 2.71. The Kier molecular flexibility index (Phi) is 4.02. The number of alkyl halides is 3. The van der Waals surface area contributed by atoms with Gasteiger partial charge >= 0.3 is 6.18 Å². The number of allylic oxidation sites excluding steroid dienone is 1. The molecule has 0 saturated heterocycles. The molecule has 4 aliphatic rings. The van der Waals surface area contributed by atoms with Gasteiger partial charge in [0.1, 0.15) is 5.71 Å². The Morgan fingerprint density at radius 1 is 1.38 bits per heavy atom. The Bertz CT molecular complexity index is 604. The van der Waals surface area contributed by atoms with Crippen molar-refractivity contribution in [3.8, 4) is 0 Å². The molecular formula is C19H26F3NO. The van der Waals surface area contributed by atoms with E-state index >= 15 is 0 Å². The van der Waals surface area contributed by atoms with Gasteiger partial charge in [-0.15, -0.1) is 6.58 Å². The third-order valence-electron chi connectivity index (χ3n) is 6.38. The maximum atomic E-state index is 13.0. The molecule has 0 radical (unpaired) electrons. The lowest BCUT2D eigenvalue weighted by Gasteiger charge is -2.27. The van der Waals surface area contributed by atoms with E-state index in [0.29, 0.717) is 6.61 Å². The molecule has 2 saturated carbocycles. The molecular weight excluding hydrogens is 315 g/mol. The average molecular weight is 341 g/mol. The van der Waals surface area contributed by atoms with Gasteiger partial charge in [0.25, 0.3) is 0 Å². The molecule has 4 unspecified atom stereocenters. The predicted molar refractivity (Wildman–Crippen MR) is 88.1 cm³/mol. The van der Waals surface area contributed by atoms with Crippen molar-refractivity contribution in [2.45, 2.75) is 58.7 Å². The summed E-state index contributed by atoms with van der Waals surface area (Å²) in [7, 11) is 0. The Balaban J connectivity index is 1.80. The van der Waals surface area contributed by atoms with E-state index in [4.69, 9.17) is 10.1 Å². The van der Waals surface area contributed by atoms with Crippen molar-refractivity contribution in [1.82, 2.24) is 0 Å². The van der Waals surface area contributed by atoms with Crippen LogP contribution in [0, 0.1) is 28.1 Å². The molecule has 0 aromatic rings. The molecule has 2 fully saturated rings. The molecule has 4 rings (SSSR count). The van der Waals surface area contributed by atoms with Crippen molar-refractivity contribution in [1.29, 1.82) is 5.41 Å². The van der Waals surface area contributed by atoms with Crippen LogP contribution in [-0.4, -0.2) is 24.6 Å². The maximum absolute atomic E-state index is 13.0. The van der Waals surface area contributed by atoms with Crippen LogP contribution in [0.3, 0.4) is 0 Å². The number of hydrogen-bond acceptors (Lipinski definition) is 2. The number of nitrogens with one attached hydrogen (secondary N) is 1. The van der Waals surface area contributed by atoms with Crippen LogP contribution in [0.15, 0.2) is 23.8 Å². The lowest BCUT2D eigenvalue weighted by Crippen LogP contribution is -2.27. The zero-order chi connectivity index (χ0) is 17.9. The van der Waals surface area contributed by atoms with Gasteiger partial charge in [0.15, 0.2) is 0 Å². The molecule has 1 spiro atoms. The summed E-state index contributed by atoms with van der Waals surface area (Å²) in [6.07, 6.45) is 0.440. The van der Waals surface area contributed by atoms with Crippen LogP contribution in [0.25, 0.3) is 0 Å². The fourth-order valence-electron chi connectivity index (χ4n) is 4.86. The van der Waals surface area contributed by atoms with Crippen molar-refractivity contribution in [3.05, 3.63) is 23.8 Å². The first-order valence-electron chi connectivity index (χ1n) is 8.64. The molecule has 134 valence electrons. The Labute approximate surface area is 141 Å². The van der Waals surface area contributed by atoms with E-state index in [0.717, 1.165) is 31.3 Å². The number of hydrogen-bond donors (Lipinski definition) is 1. The van der Waals surface area contributed by atoms with Crippen LogP contribution in [0.5, 0.6) is 0 Å². The Morgan fingerprint density at radius 3 is 2.62 bits per heavy atom. The quantitative estimate of drug-likeness (QED) is 0.534. The molecule has 0 aliphatic heterocycles. The van der Waals surface area contributed by atoms with E-state index < -0.39 is 17.8 Å². The molecule has 5 heteroatoms. The van der Waals surface area contributed by atoms with Gasteiger partial charge in [-0.1, -0.05) is 25.5 Å². The van der Waals surface area contributed by atoms with Gasteiger partial charge in [-0.3, -0.25) is 0 Å². The third-order valence-corrected chi connectivity index (χ3v) is 6.38. The lowest BCUT2D eigenvalue weighted by molar-refractivity contribution is -0.0628. The van der Waals surface area contributed by atoms with Gasteiger partial charge in [-0.2, -0.15) is 13.2 Å². The van der Waals surface area contributed by atoms with Crippen LogP contribution in [0.2, 0.25) is 0 Å². The molecule has 0 aromatic heterocycles. The van der Waals surface area contributed by atoms with Gasteiger partial charge in [-0.25, -0.2) is 0 Å². The third kappa shape index (κ3) is 2.65. The van der Waals surface area contributed by atoms with Crippen molar-refractivity contribution < 1.29 is 17.9 Å². The maximum Gasteiger partial charge on any atom is 0.429 e. The number of ether oxygens (including phenoxy) is 1. The van der Waals surface area contributed by atoms with Crippen molar-refractivity contribution in [3.63, 3.8) is 0 Å². The topological polar surface area (TPSA) is 33.1 Å². The van der Waals surface area contributed by atoms with E-state index in [9.17, 15) is 13.2 Å². The molecule has 4 aliphatic carbocycles. The highest BCUT2D eigenvalue weighted by molar-refractivity contribution is 5.93. The highest BCUT2D eigenvalue weighted by atomic mass is 19.4. The number of fused-ring (bicyclic) bond motifs is 3. The van der Waals surface area contributed by atoms with Crippen molar-refractivity contribution >= 4 is 5.71 Å². The van der Waals surface area contributed by atoms with E-state index in [2.05, 4.69) is 20.4 Å². The standard InChI is InChI=1S/C19H26F3NO/c1-5-17(3,4)10-24-13-7-9-18-8-6-12(13)11(2)14(18)15(18)16(23)19(20,21)22/h5,13-15,23H,1,6-10H2,2-4H3. The van der Waals surface area contributed by atoms with Gasteiger partial charge < -0.3 is 10.1 Å². The number of halogens is 3. The monoisotopic (exact) mass is 341 g/mol. The second kappa shape index (κ2) is 5.45. The highest BCUT2D eigenvalue weighted by Crippen LogP contribution is 2.73. The second-order valence-electron chi connectivity index (χ2n) is 8.34. The van der Waals surface area contributed by atoms with E-state index in [1.807, 2.05) is 13.0 Å². The fourth-order valence-corrected chi connectivity index (χ4v) is 4.86. The molecule has 4 atom stereocenters. The van der Waals surface area contributed by atoms with Gasteiger partial charge in [0.05, 0.1) is 12.7 Å². The van der Waals surface area contributed by atoms with Gasteiger partial charge in [0, 0.05) is 11.3 Å². The van der Waals surface area contributed by atoms with Crippen LogP contribution < -0.4 is 0 Å². The molecule has 0 amide bonds. The molecule has 0 heterocycles. The molecule has 1 N–H and O–H groups in total. The summed E-state index contributed by atoms with van der Waals surface area (Å²) in [4.78, 5) is 0. The molecule has 24 heavy (non-hydrogen) atoms. The predicted octanol–water partition coefficient (Wildman–Crippen LogP) is 5.30. The SMILES string of the molecule is C=CC(C)(C)COC1CCC23CCC1=C(C)C2C3C(=N)C(F)(F)F. The van der Waals surface area contributed by atoms with Crippen LogP contribution in [0.4, 0.5) is 13.2 Å². The second-order valence-corrected chi connectivity index (χ2v) is 8.34. The van der Waals surface area contributed by atoms with E-state index in [1.54, 1.807) is 0 Å². The van der Waals surface area contributed by atoms with E-state index in [1.165, 1.54) is 5.57 Å². The minimum Gasteiger partial charge on any atom is -0.373 e. The minimum absolute atomic E-state index is 0.0112. The normalized spacial score (nSPS) is 35.5. The first kappa shape index (κ1) is 17.7. The largest absolute Gasteiger partial charge is 0.429 e. The molecule has 0 aromatic carbocycles. The van der Waals surface area contributed by atoms with E-state index in [-0.39, 0.29) is 22.9 Å². The van der Waals surface area contributed by atoms with Gasteiger partial charge in [0.2, 0.25) is 0 Å². The van der Waals surface area contributed by atoms with Crippen molar-refractivity contribution in [2.24, 2.45) is 22.7 Å². The van der Waals surface area contributed by atoms with Crippen LogP contribution in [-0.2, 0) is 4.74 Å². The van der Waals surface area contributed by atoms with Crippen LogP contribution >= 0.6 is 0 Å². The summed E-state index contributed by atoms with van der Waals surface area (Å²) < 4.78 is 45.2. The van der Waals surface area contributed by atoms with Crippen LogP contribution in [0.1, 0.15) is 46.5 Å². The smallest absolute Gasteiger partial charge is 0.373 e. The first-order valence-corrected chi connectivity index (χ1v) is 8.64.